The Hall–Kier alpha value is -2.56. The predicted octanol–water partition coefficient (Wildman–Crippen LogP) is 2.35. The third-order valence-electron chi connectivity index (χ3n) is 3.23. The minimum atomic E-state index is -0.661. The van der Waals surface area contributed by atoms with Crippen molar-refractivity contribution in [1.29, 1.82) is 0 Å². The third-order valence-corrected chi connectivity index (χ3v) is 3.23. The number of benzene rings is 2. The first kappa shape index (κ1) is 12.5. The second kappa shape index (κ2) is 4.85. The molecular formula is C15H13FN2O2. The summed E-state index contributed by atoms with van der Waals surface area (Å²) in [6, 6.07) is 11.7. The number of fused-ring (bicyclic) bond motifs is 1. The third kappa shape index (κ3) is 2.18. The van der Waals surface area contributed by atoms with Crippen LogP contribution in [0.4, 0.5) is 15.8 Å². The lowest BCUT2D eigenvalue weighted by atomic mass is 10.1. The first-order valence-corrected chi connectivity index (χ1v) is 6.24. The van der Waals surface area contributed by atoms with Crippen molar-refractivity contribution in [2.45, 2.75) is 12.5 Å². The van der Waals surface area contributed by atoms with Crippen LogP contribution in [0, 0.1) is 5.82 Å². The van der Waals surface area contributed by atoms with Gasteiger partial charge in [0, 0.05) is 6.42 Å². The van der Waals surface area contributed by atoms with E-state index in [1.165, 1.54) is 18.2 Å². The minimum Gasteiger partial charge on any atom is -0.480 e. The molecule has 1 aliphatic heterocycles. The molecule has 2 aromatic carbocycles. The predicted molar refractivity (Wildman–Crippen MR) is 74.0 cm³/mol. The van der Waals surface area contributed by atoms with E-state index in [0.717, 1.165) is 5.56 Å². The van der Waals surface area contributed by atoms with Gasteiger partial charge in [-0.15, -0.1) is 0 Å². The molecule has 1 heterocycles. The number of carbonyl (C=O) groups is 1. The fourth-order valence-electron chi connectivity index (χ4n) is 2.20. The van der Waals surface area contributed by atoms with Crippen molar-refractivity contribution in [2.24, 2.45) is 0 Å². The summed E-state index contributed by atoms with van der Waals surface area (Å²) in [6.07, 6.45) is -0.192. The minimum absolute atomic E-state index is 0.00273. The van der Waals surface area contributed by atoms with Gasteiger partial charge >= 0.3 is 0 Å². The highest BCUT2D eigenvalue weighted by molar-refractivity contribution is 5.97. The molecule has 2 aromatic rings. The van der Waals surface area contributed by atoms with Crippen molar-refractivity contribution in [3.63, 3.8) is 0 Å². The van der Waals surface area contributed by atoms with Crippen molar-refractivity contribution >= 4 is 17.3 Å². The summed E-state index contributed by atoms with van der Waals surface area (Å²) in [5.41, 5.74) is 6.81. The summed E-state index contributed by atoms with van der Waals surface area (Å²) in [6.45, 7) is 0. The number of nitrogen functional groups attached to an aromatic ring is 1. The standard InChI is InChI=1S/C15H13FN2O2/c16-10-5-3-6-11(17)14(10)18-15(19)13-8-9-4-1-2-7-12(9)20-13/h1-7,13H,8,17H2,(H,18,19). The van der Waals surface area contributed by atoms with Gasteiger partial charge in [0.05, 0.1) is 5.69 Å². The summed E-state index contributed by atoms with van der Waals surface area (Å²) in [7, 11) is 0. The quantitative estimate of drug-likeness (QED) is 0.825. The normalized spacial score (nSPS) is 16.4. The van der Waals surface area contributed by atoms with Gasteiger partial charge in [0.1, 0.15) is 17.3 Å². The van der Waals surface area contributed by atoms with Crippen molar-refractivity contribution in [2.75, 3.05) is 11.1 Å². The van der Waals surface area contributed by atoms with E-state index in [-0.39, 0.29) is 11.4 Å². The number of halogens is 1. The zero-order valence-electron chi connectivity index (χ0n) is 10.6. The first-order chi connectivity index (χ1) is 9.65. The zero-order chi connectivity index (χ0) is 14.1. The van der Waals surface area contributed by atoms with Crippen molar-refractivity contribution in [1.82, 2.24) is 0 Å². The Morgan fingerprint density at radius 1 is 1.25 bits per heavy atom. The number of hydrogen-bond donors (Lipinski definition) is 2. The van der Waals surface area contributed by atoms with Crippen LogP contribution in [-0.2, 0) is 11.2 Å². The number of hydrogen-bond acceptors (Lipinski definition) is 3. The van der Waals surface area contributed by atoms with E-state index in [1.54, 1.807) is 6.07 Å². The lowest BCUT2D eigenvalue weighted by molar-refractivity contribution is -0.122. The topological polar surface area (TPSA) is 64.3 Å². The number of rotatable bonds is 2. The number of para-hydroxylation sites is 2. The van der Waals surface area contributed by atoms with E-state index < -0.39 is 17.8 Å². The Bertz CT molecular complexity index is 627. The van der Waals surface area contributed by atoms with Crippen LogP contribution in [0.2, 0.25) is 0 Å². The maximum Gasteiger partial charge on any atom is 0.265 e. The Morgan fingerprint density at radius 3 is 2.80 bits per heavy atom. The summed E-state index contributed by atoms with van der Waals surface area (Å²) >= 11 is 0. The van der Waals surface area contributed by atoms with Gasteiger partial charge in [0.2, 0.25) is 0 Å². The van der Waals surface area contributed by atoms with Crippen LogP contribution in [0.1, 0.15) is 5.56 Å². The maximum absolute atomic E-state index is 13.6. The first-order valence-electron chi connectivity index (χ1n) is 6.24. The Labute approximate surface area is 115 Å². The molecule has 0 saturated heterocycles. The zero-order valence-corrected chi connectivity index (χ0v) is 10.6. The van der Waals surface area contributed by atoms with Crippen LogP contribution in [0.3, 0.4) is 0 Å². The van der Waals surface area contributed by atoms with Gasteiger partial charge in [-0.2, -0.15) is 0 Å². The number of amides is 1. The second-order valence-corrected chi connectivity index (χ2v) is 4.61. The summed E-state index contributed by atoms with van der Waals surface area (Å²) < 4.78 is 19.2. The fraction of sp³-hybridized carbons (Fsp3) is 0.133. The van der Waals surface area contributed by atoms with Gasteiger partial charge < -0.3 is 15.8 Å². The van der Waals surface area contributed by atoms with Crippen LogP contribution in [-0.4, -0.2) is 12.0 Å². The highest BCUT2D eigenvalue weighted by Crippen LogP contribution is 2.29. The smallest absolute Gasteiger partial charge is 0.265 e. The number of ether oxygens (including phenoxy) is 1. The van der Waals surface area contributed by atoms with Gasteiger partial charge in [-0.3, -0.25) is 4.79 Å². The van der Waals surface area contributed by atoms with Crippen LogP contribution in [0.25, 0.3) is 0 Å². The maximum atomic E-state index is 13.6. The van der Waals surface area contributed by atoms with Gasteiger partial charge in [-0.1, -0.05) is 24.3 Å². The number of nitrogens with two attached hydrogens (primary N) is 1. The molecule has 0 aliphatic carbocycles. The lowest BCUT2D eigenvalue weighted by Crippen LogP contribution is -2.32. The summed E-state index contributed by atoms with van der Waals surface area (Å²) in [5.74, 6) is -0.277. The van der Waals surface area contributed by atoms with E-state index in [9.17, 15) is 9.18 Å². The summed E-state index contributed by atoms with van der Waals surface area (Å²) in [5, 5.41) is 2.49. The van der Waals surface area contributed by atoms with E-state index in [2.05, 4.69) is 5.32 Å². The largest absolute Gasteiger partial charge is 0.480 e. The molecule has 0 radical (unpaired) electrons. The van der Waals surface area contributed by atoms with Crippen molar-refractivity contribution in [3.8, 4) is 5.75 Å². The van der Waals surface area contributed by atoms with E-state index >= 15 is 0 Å². The number of carbonyl (C=O) groups excluding carboxylic acids is 1. The molecule has 5 heteroatoms. The van der Waals surface area contributed by atoms with E-state index in [4.69, 9.17) is 10.5 Å². The molecule has 3 N–H and O–H groups in total. The van der Waals surface area contributed by atoms with Crippen molar-refractivity contribution < 1.29 is 13.9 Å². The van der Waals surface area contributed by atoms with Crippen molar-refractivity contribution in [3.05, 3.63) is 53.8 Å². The molecule has 0 saturated carbocycles. The average Bonchev–Trinajstić information content (AvgIpc) is 2.87. The Kier molecular flexibility index (Phi) is 3.02. The average molecular weight is 272 g/mol. The molecule has 20 heavy (non-hydrogen) atoms. The molecule has 0 spiro atoms. The van der Waals surface area contributed by atoms with Crippen LogP contribution < -0.4 is 15.8 Å². The fourth-order valence-corrected chi connectivity index (χ4v) is 2.20. The van der Waals surface area contributed by atoms with Gasteiger partial charge in [-0.25, -0.2) is 4.39 Å². The SMILES string of the molecule is Nc1cccc(F)c1NC(=O)C1Cc2ccccc2O1. The van der Waals surface area contributed by atoms with Crippen LogP contribution in [0.5, 0.6) is 5.75 Å². The highest BCUT2D eigenvalue weighted by Gasteiger charge is 2.29. The Morgan fingerprint density at radius 2 is 2.05 bits per heavy atom. The van der Waals surface area contributed by atoms with E-state index in [1.807, 2.05) is 18.2 Å². The molecule has 0 bridgehead atoms. The summed E-state index contributed by atoms with van der Waals surface area (Å²) in [4.78, 5) is 12.1. The van der Waals surface area contributed by atoms with Gasteiger partial charge in [-0.05, 0) is 23.8 Å². The second-order valence-electron chi connectivity index (χ2n) is 4.61. The van der Waals surface area contributed by atoms with Gasteiger partial charge in [0.25, 0.3) is 5.91 Å². The molecule has 0 fully saturated rings. The molecule has 1 unspecified atom stereocenters. The molecule has 1 amide bonds. The molecule has 1 atom stereocenters. The van der Waals surface area contributed by atoms with E-state index in [0.29, 0.717) is 12.2 Å². The lowest BCUT2D eigenvalue weighted by Gasteiger charge is -2.13. The van der Waals surface area contributed by atoms with Crippen LogP contribution >= 0.6 is 0 Å². The number of anilines is 2. The Balaban J connectivity index is 1.76. The monoisotopic (exact) mass is 272 g/mol. The molecule has 4 nitrogen and oxygen atoms in total. The van der Waals surface area contributed by atoms with Crippen LogP contribution in [0.15, 0.2) is 42.5 Å². The highest BCUT2D eigenvalue weighted by atomic mass is 19.1. The molecular weight excluding hydrogens is 259 g/mol. The molecule has 1 aliphatic rings. The molecule has 102 valence electrons. The number of nitrogens with one attached hydrogen (secondary N) is 1. The molecule has 0 aromatic heterocycles. The van der Waals surface area contributed by atoms with Gasteiger partial charge in [0.15, 0.2) is 6.10 Å². The molecule has 3 rings (SSSR count).